The Morgan fingerprint density at radius 1 is 1.40 bits per heavy atom. The fourth-order valence-electron chi connectivity index (χ4n) is 2.31. The fraction of sp³-hybridized carbons (Fsp3) is 0.429. The first kappa shape index (κ1) is 14.3. The van der Waals surface area contributed by atoms with Crippen molar-refractivity contribution >= 4 is 17.7 Å². The number of aryl methyl sites for hydroxylation is 1. The maximum absolute atomic E-state index is 13.4. The van der Waals surface area contributed by atoms with Crippen molar-refractivity contribution in [3.63, 3.8) is 0 Å². The number of rotatable bonds is 4. The zero-order chi connectivity index (χ0) is 14.8. The molecule has 108 valence electrons. The van der Waals surface area contributed by atoms with Gasteiger partial charge in [-0.2, -0.15) is 0 Å². The van der Waals surface area contributed by atoms with Gasteiger partial charge in [0.15, 0.2) is 0 Å². The average molecular weight is 280 g/mol. The van der Waals surface area contributed by atoms with Gasteiger partial charge < -0.3 is 15.7 Å². The summed E-state index contributed by atoms with van der Waals surface area (Å²) >= 11 is 0. The topological polar surface area (TPSA) is 78.4 Å². The summed E-state index contributed by atoms with van der Waals surface area (Å²) in [5, 5.41) is 14.1. The zero-order valence-electron chi connectivity index (χ0n) is 11.2. The van der Waals surface area contributed by atoms with Crippen LogP contribution < -0.4 is 10.6 Å². The highest BCUT2D eigenvalue weighted by Gasteiger charge is 2.40. The SMILES string of the molecule is Cc1ccc(NC(=O)NC2(CC(=O)O)CCC2)cc1F. The summed E-state index contributed by atoms with van der Waals surface area (Å²) in [6.07, 6.45) is 2.10. The van der Waals surface area contributed by atoms with Crippen LogP contribution in [-0.2, 0) is 4.79 Å². The molecule has 1 saturated carbocycles. The normalized spacial score (nSPS) is 16.1. The van der Waals surface area contributed by atoms with E-state index < -0.39 is 23.4 Å². The molecule has 0 saturated heterocycles. The van der Waals surface area contributed by atoms with E-state index in [1.165, 1.54) is 6.07 Å². The summed E-state index contributed by atoms with van der Waals surface area (Å²) in [5.74, 6) is -1.34. The van der Waals surface area contributed by atoms with Crippen LogP contribution in [0.25, 0.3) is 0 Å². The molecule has 2 rings (SSSR count). The van der Waals surface area contributed by atoms with Crippen LogP contribution in [0, 0.1) is 12.7 Å². The lowest BCUT2D eigenvalue weighted by Crippen LogP contribution is -2.55. The predicted octanol–water partition coefficient (Wildman–Crippen LogP) is 2.65. The van der Waals surface area contributed by atoms with Gasteiger partial charge in [0.1, 0.15) is 5.82 Å². The highest BCUT2D eigenvalue weighted by molar-refractivity contribution is 5.90. The van der Waals surface area contributed by atoms with Gasteiger partial charge in [-0.1, -0.05) is 6.07 Å². The van der Waals surface area contributed by atoms with E-state index in [9.17, 15) is 14.0 Å². The maximum atomic E-state index is 13.4. The number of hydrogen-bond donors (Lipinski definition) is 3. The van der Waals surface area contributed by atoms with E-state index in [0.717, 1.165) is 6.42 Å². The van der Waals surface area contributed by atoms with Crippen molar-refractivity contribution in [3.8, 4) is 0 Å². The zero-order valence-corrected chi connectivity index (χ0v) is 11.2. The van der Waals surface area contributed by atoms with Crippen molar-refractivity contribution < 1.29 is 19.1 Å². The van der Waals surface area contributed by atoms with Crippen molar-refractivity contribution in [2.75, 3.05) is 5.32 Å². The smallest absolute Gasteiger partial charge is 0.319 e. The van der Waals surface area contributed by atoms with Gasteiger partial charge >= 0.3 is 12.0 Å². The number of urea groups is 1. The van der Waals surface area contributed by atoms with E-state index in [2.05, 4.69) is 10.6 Å². The van der Waals surface area contributed by atoms with Gasteiger partial charge in [-0.25, -0.2) is 9.18 Å². The minimum Gasteiger partial charge on any atom is -0.481 e. The summed E-state index contributed by atoms with van der Waals surface area (Å²) in [6, 6.07) is 3.90. The third kappa shape index (κ3) is 3.26. The molecule has 0 spiro atoms. The average Bonchev–Trinajstić information content (AvgIpc) is 2.30. The van der Waals surface area contributed by atoms with Gasteiger partial charge in [-0.15, -0.1) is 0 Å². The number of carboxylic acid groups (broad SMARTS) is 1. The second-order valence-electron chi connectivity index (χ2n) is 5.25. The van der Waals surface area contributed by atoms with Crippen LogP contribution in [0.5, 0.6) is 0 Å². The molecule has 2 amide bonds. The van der Waals surface area contributed by atoms with Crippen LogP contribution >= 0.6 is 0 Å². The van der Waals surface area contributed by atoms with Crippen molar-refractivity contribution in [2.24, 2.45) is 0 Å². The van der Waals surface area contributed by atoms with E-state index in [1.54, 1.807) is 19.1 Å². The van der Waals surface area contributed by atoms with Crippen LogP contribution in [0.2, 0.25) is 0 Å². The second-order valence-corrected chi connectivity index (χ2v) is 5.25. The Kier molecular flexibility index (Phi) is 3.92. The van der Waals surface area contributed by atoms with E-state index >= 15 is 0 Å². The second kappa shape index (κ2) is 5.48. The third-order valence-corrected chi connectivity index (χ3v) is 3.61. The van der Waals surface area contributed by atoms with Crippen molar-refractivity contribution in [1.82, 2.24) is 5.32 Å². The van der Waals surface area contributed by atoms with E-state index in [1.807, 2.05) is 0 Å². The summed E-state index contributed by atoms with van der Waals surface area (Å²) in [7, 11) is 0. The molecule has 1 aromatic rings. The van der Waals surface area contributed by atoms with Gasteiger partial charge in [-0.3, -0.25) is 4.79 Å². The number of aliphatic carboxylic acids is 1. The molecule has 0 bridgehead atoms. The standard InChI is InChI=1S/C14H17FN2O3/c1-9-3-4-10(7-11(9)15)16-13(20)17-14(5-2-6-14)8-12(18)19/h3-4,7H,2,5-6,8H2,1H3,(H,18,19)(H2,16,17,20). The van der Waals surface area contributed by atoms with Gasteiger partial charge in [-0.05, 0) is 43.9 Å². The number of nitrogens with one attached hydrogen (secondary N) is 2. The van der Waals surface area contributed by atoms with Gasteiger partial charge in [0.05, 0.1) is 12.0 Å². The Morgan fingerprint density at radius 3 is 2.60 bits per heavy atom. The molecule has 0 heterocycles. The van der Waals surface area contributed by atoms with E-state index in [-0.39, 0.29) is 6.42 Å². The lowest BCUT2D eigenvalue weighted by Gasteiger charge is -2.41. The van der Waals surface area contributed by atoms with Crippen LogP contribution in [0.1, 0.15) is 31.2 Å². The number of hydrogen-bond acceptors (Lipinski definition) is 2. The Hall–Kier alpha value is -2.11. The molecule has 1 aliphatic rings. The highest BCUT2D eigenvalue weighted by Crippen LogP contribution is 2.35. The van der Waals surface area contributed by atoms with Crippen molar-refractivity contribution in [2.45, 2.75) is 38.1 Å². The van der Waals surface area contributed by atoms with Crippen LogP contribution in [0.4, 0.5) is 14.9 Å². The van der Waals surface area contributed by atoms with E-state index in [0.29, 0.717) is 24.1 Å². The largest absolute Gasteiger partial charge is 0.481 e. The molecule has 6 heteroatoms. The minimum absolute atomic E-state index is 0.0946. The summed E-state index contributed by atoms with van der Waals surface area (Å²) in [6.45, 7) is 1.63. The molecule has 3 N–H and O–H groups in total. The van der Waals surface area contributed by atoms with E-state index in [4.69, 9.17) is 5.11 Å². The third-order valence-electron chi connectivity index (χ3n) is 3.61. The predicted molar refractivity (Wildman–Crippen MR) is 72.1 cm³/mol. The maximum Gasteiger partial charge on any atom is 0.319 e. The van der Waals surface area contributed by atoms with Gasteiger partial charge in [0, 0.05) is 5.69 Å². The lowest BCUT2D eigenvalue weighted by molar-refractivity contribution is -0.139. The molecular formula is C14H17FN2O3. The highest BCUT2D eigenvalue weighted by atomic mass is 19.1. The first-order chi connectivity index (χ1) is 9.40. The monoisotopic (exact) mass is 280 g/mol. The number of carboxylic acids is 1. The van der Waals surface area contributed by atoms with Gasteiger partial charge in [0.2, 0.25) is 0 Å². The minimum atomic E-state index is -0.939. The van der Waals surface area contributed by atoms with Crippen LogP contribution in [-0.4, -0.2) is 22.6 Å². The molecule has 0 atom stereocenters. The number of halogens is 1. The summed E-state index contributed by atoms with van der Waals surface area (Å²) < 4.78 is 13.4. The summed E-state index contributed by atoms with van der Waals surface area (Å²) in [4.78, 5) is 22.7. The molecule has 5 nitrogen and oxygen atoms in total. The molecule has 0 aliphatic heterocycles. The molecule has 1 fully saturated rings. The number of carbonyl (C=O) groups is 2. The fourth-order valence-corrected chi connectivity index (χ4v) is 2.31. The Morgan fingerprint density at radius 2 is 2.10 bits per heavy atom. The first-order valence-electron chi connectivity index (χ1n) is 6.47. The molecular weight excluding hydrogens is 263 g/mol. The quantitative estimate of drug-likeness (QED) is 0.793. The molecule has 0 radical (unpaired) electrons. The Bertz CT molecular complexity index is 541. The molecule has 20 heavy (non-hydrogen) atoms. The molecule has 0 aromatic heterocycles. The number of anilines is 1. The molecule has 1 aromatic carbocycles. The molecule has 0 unspecified atom stereocenters. The number of benzene rings is 1. The van der Waals surface area contributed by atoms with Crippen LogP contribution in [0.15, 0.2) is 18.2 Å². The number of carbonyl (C=O) groups excluding carboxylic acids is 1. The summed E-state index contributed by atoms with van der Waals surface area (Å²) in [5.41, 5.74) is 0.173. The van der Waals surface area contributed by atoms with Crippen molar-refractivity contribution in [1.29, 1.82) is 0 Å². The van der Waals surface area contributed by atoms with Gasteiger partial charge in [0.25, 0.3) is 0 Å². The number of amides is 2. The van der Waals surface area contributed by atoms with Crippen molar-refractivity contribution in [3.05, 3.63) is 29.6 Å². The lowest BCUT2D eigenvalue weighted by atomic mass is 9.74. The first-order valence-corrected chi connectivity index (χ1v) is 6.47. The Labute approximate surface area is 116 Å². The van der Waals surface area contributed by atoms with Crippen LogP contribution in [0.3, 0.4) is 0 Å². The molecule has 1 aliphatic carbocycles. The Balaban J connectivity index is 1.97.